The van der Waals surface area contributed by atoms with Crippen LogP contribution in [0.1, 0.15) is 37.7 Å². The first-order valence-electron chi connectivity index (χ1n) is 6.21. The lowest BCUT2D eigenvalue weighted by molar-refractivity contribution is -0.142. The minimum absolute atomic E-state index is 0.0984. The highest BCUT2D eigenvalue weighted by atomic mass is 16.4. The summed E-state index contributed by atoms with van der Waals surface area (Å²) in [6.07, 6.45) is 2.03. The molecule has 1 heterocycles. The molecule has 0 saturated carbocycles. The number of pyridine rings is 1. The zero-order chi connectivity index (χ0) is 14.5. The lowest BCUT2D eigenvalue weighted by Crippen LogP contribution is -2.35. The molecule has 1 amide bonds. The normalized spacial score (nSPS) is 12.8. The van der Waals surface area contributed by atoms with Gasteiger partial charge in [-0.3, -0.25) is 14.6 Å². The molecule has 1 aromatic heterocycles. The van der Waals surface area contributed by atoms with Gasteiger partial charge in [-0.1, -0.05) is 26.8 Å². The molecule has 2 N–H and O–H groups in total. The van der Waals surface area contributed by atoms with Crippen LogP contribution in [0.3, 0.4) is 0 Å². The minimum Gasteiger partial charge on any atom is -0.481 e. The second-order valence-corrected chi connectivity index (χ2v) is 5.72. The number of nitrogens with zero attached hydrogens (tertiary/aromatic N) is 1. The second-order valence-electron chi connectivity index (χ2n) is 5.72. The van der Waals surface area contributed by atoms with Crippen LogP contribution >= 0.6 is 0 Å². The number of carboxylic acid groups (broad SMARTS) is 1. The Kier molecular flexibility index (Phi) is 5.03. The Hall–Kier alpha value is -1.91. The molecule has 0 aliphatic heterocycles. The molecule has 104 valence electrons. The highest BCUT2D eigenvalue weighted by Gasteiger charge is 2.25. The van der Waals surface area contributed by atoms with E-state index in [1.165, 1.54) is 6.20 Å². The fourth-order valence-electron chi connectivity index (χ4n) is 1.79. The molecule has 19 heavy (non-hydrogen) atoms. The number of hydrogen-bond acceptors (Lipinski definition) is 3. The van der Waals surface area contributed by atoms with E-state index in [1.54, 1.807) is 18.2 Å². The van der Waals surface area contributed by atoms with E-state index in [0.29, 0.717) is 12.1 Å². The van der Waals surface area contributed by atoms with Crippen molar-refractivity contribution >= 4 is 11.9 Å². The Bertz CT molecular complexity index is 438. The van der Waals surface area contributed by atoms with Crippen LogP contribution < -0.4 is 5.32 Å². The predicted octanol–water partition coefficient (Wildman–Crippen LogP) is 1.95. The van der Waals surface area contributed by atoms with Crippen molar-refractivity contribution in [3.63, 3.8) is 0 Å². The molecule has 5 nitrogen and oxygen atoms in total. The molecule has 0 aliphatic carbocycles. The van der Waals surface area contributed by atoms with E-state index in [9.17, 15) is 9.59 Å². The maximum atomic E-state index is 11.8. The van der Waals surface area contributed by atoms with Crippen molar-refractivity contribution in [1.82, 2.24) is 10.3 Å². The highest BCUT2D eigenvalue weighted by molar-refractivity contribution is 5.92. The number of aliphatic carboxylic acids is 1. The summed E-state index contributed by atoms with van der Waals surface area (Å²) in [6, 6.07) is 5.02. The summed E-state index contributed by atoms with van der Waals surface area (Å²) in [5.41, 5.74) is 0.195. The first-order valence-corrected chi connectivity index (χ1v) is 6.21. The van der Waals surface area contributed by atoms with Crippen LogP contribution in [0.15, 0.2) is 24.4 Å². The number of carbonyl (C=O) groups excluding carboxylic acids is 1. The summed E-state index contributed by atoms with van der Waals surface area (Å²) in [4.78, 5) is 26.8. The van der Waals surface area contributed by atoms with Crippen LogP contribution in [0, 0.1) is 11.3 Å². The van der Waals surface area contributed by atoms with E-state index in [1.807, 2.05) is 20.8 Å². The van der Waals surface area contributed by atoms with Gasteiger partial charge in [-0.05, 0) is 24.0 Å². The van der Waals surface area contributed by atoms with Gasteiger partial charge in [0.15, 0.2) is 0 Å². The van der Waals surface area contributed by atoms with Crippen molar-refractivity contribution in [3.8, 4) is 0 Å². The van der Waals surface area contributed by atoms with Gasteiger partial charge in [0.1, 0.15) is 5.69 Å². The Morgan fingerprint density at radius 2 is 2.05 bits per heavy atom. The predicted molar refractivity (Wildman–Crippen MR) is 71.8 cm³/mol. The zero-order valence-corrected chi connectivity index (χ0v) is 11.5. The average Bonchev–Trinajstić information content (AvgIpc) is 2.33. The molecule has 0 aliphatic rings. The van der Waals surface area contributed by atoms with Crippen LogP contribution in [0.5, 0.6) is 0 Å². The molecule has 1 unspecified atom stereocenters. The van der Waals surface area contributed by atoms with Crippen molar-refractivity contribution in [1.29, 1.82) is 0 Å². The van der Waals surface area contributed by atoms with E-state index >= 15 is 0 Å². The van der Waals surface area contributed by atoms with Crippen LogP contribution in [0.25, 0.3) is 0 Å². The summed E-state index contributed by atoms with van der Waals surface area (Å²) < 4.78 is 0. The summed E-state index contributed by atoms with van der Waals surface area (Å²) in [6.45, 7) is 6.04. The molecular formula is C14H20N2O3. The number of carbonyl (C=O) groups is 2. The van der Waals surface area contributed by atoms with Crippen molar-refractivity contribution in [3.05, 3.63) is 30.1 Å². The third-order valence-electron chi connectivity index (χ3n) is 2.61. The van der Waals surface area contributed by atoms with E-state index in [2.05, 4.69) is 10.3 Å². The Morgan fingerprint density at radius 3 is 2.53 bits per heavy atom. The third-order valence-corrected chi connectivity index (χ3v) is 2.61. The summed E-state index contributed by atoms with van der Waals surface area (Å²) in [5, 5.41) is 11.8. The highest BCUT2D eigenvalue weighted by Crippen LogP contribution is 2.24. The number of aromatic nitrogens is 1. The van der Waals surface area contributed by atoms with E-state index in [4.69, 9.17) is 5.11 Å². The van der Waals surface area contributed by atoms with Crippen LogP contribution in [-0.2, 0) is 4.79 Å². The fourth-order valence-corrected chi connectivity index (χ4v) is 1.79. The van der Waals surface area contributed by atoms with Gasteiger partial charge in [-0.25, -0.2) is 0 Å². The molecule has 0 bridgehead atoms. The monoisotopic (exact) mass is 264 g/mol. The molecule has 0 saturated heterocycles. The lowest BCUT2D eigenvalue weighted by Gasteiger charge is -2.23. The number of carboxylic acids is 1. The quantitative estimate of drug-likeness (QED) is 0.852. The third kappa shape index (κ3) is 5.50. The summed E-state index contributed by atoms with van der Waals surface area (Å²) in [5.74, 6) is -1.83. The van der Waals surface area contributed by atoms with Gasteiger partial charge < -0.3 is 10.4 Å². The fraction of sp³-hybridized carbons (Fsp3) is 0.500. The van der Waals surface area contributed by atoms with Gasteiger partial charge in [0, 0.05) is 12.7 Å². The molecule has 0 spiro atoms. The lowest BCUT2D eigenvalue weighted by atomic mass is 9.84. The molecule has 1 atom stereocenters. The standard InChI is InChI=1S/C14H20N2O3/c1-14(2,3)8-10(13(18)19)9-16-12(17)11-6-4-5-7-15-11/h4-7,10H,8-9H2,1-3H3,(H,16,17)(H,18,19). The first kappa shape index (κ1) is 15.1. The number of nitrogens with one attached hydrogen (secondary N) is 1. The van der Waals surface area contributed by atoms with Crippen molar-refractivity contribution in [2.75, 3.05) is 6.54 Å². The smallest absolute Gasteiger partial charge is 0.308 e. The summed E-state index contributed by atoms with van der Waals surface area (Å²) in [7, 11) is 0. The van der Waals surface area contributed by atoms with Crippen molar-refractivity contribution < 1.29 is 14.7 Å². The SMILES string of the molecule is CC(C)(C)CC(CNC(=O)c1ccccn1)C(=O)O. The van der Waals surface area contributed by atoms with E-state index < -0.39 is 11.9 Å². The number of amides is 1. The van der Waals surface area contributed by atoms with Gasteiger partial charge in [0.2, 0.25) is 0 Å². The van der Waals surface area contributed by atoms with Crippen molar-refractivity contribution in [2.45, 2.75) is 27.2 Å². The topological polar surface area (TPSA) is 79.3 Å². The Balaban J connectivity index is 2.58. The molecule has 5 heteroatoms. The van der Waals surface area contributed by atoms with Crippen LogP contribution in [0.4, 0.5) is 0 Å². The molecule has 0 radical (unpaired) electrons. The van der Waals surface area contributed by atoms with Gasteiger partial charge >= 0.3 is 5.97 Å². The largest absolute Gasteiger partial charge is 0.481 e. The van der Waals surface area contributed by atoms with E-state index in [-0.39, 0.29) is 17.9 Å². The van der Waals surface area contributed by atoms with Gasteiger partial charge in [-0.2, -0.15) is 0 Å². The molecule has 0 fully saturated rings. The molecular weight excluding hydrogens is 244 g/mol. The van der Waals surface area contributed by atoms with Crippen LogP contribution in [-0.4, -0.2) is 28.5 Å². The minimum atomic E-state index is -0.892. The van der Waals surface area contributed by atoms with Crippen molar-refractivity contribution in [2.24, 2.45) is 11.3 Å². The molecule has 0 aromatic carbocycles. The maximum absolute atomic E-state index is 11.8. The second kappa shape index (κ2) is 6.31. The molecule has 1 rings (SSSR count). The number of rotatable bonds is 5. The average molecular weight is 264 g/mol. The zero-order valence-electron chi connectivity index (χ0n) is 11.5. The Morgan fingerprint density at radius 1 is 1.37 bits per heavy atom. The van der Waals surface area contributed by atoms with Gasteiger partial charge in [0.25, 0.3) is 5.91 Å². The summed E-state index contributed by atoms with van der Waals surface area (Å²) >= 11 is 0. The van der Waals surface area contributed by atoms with Gasteiger partial charge in [0.05, 0.1) is 5.92 Å². The molecule has 1 aromatic rings. The Labute approximate surface area is 113 Å². The maximum Gasteiger partial charge on any atom is 0.308 e. The number of hydrogen-bond donors (Lipinski definition) is 2. The van der Waals surface area contributed by atoms with Crippen LogP contribution in [0.2, 0.25) is 0 Å². The van der Waals surface area contributed by atoms with E-state index in [0.717, 1.165) is 0 Å². The van der Waals surface area contributed by atoms with Gasteiger partial charge in [-0.15, -0.1) is 0 Å². The first-order chi connectivity index (χ1) is 8.79.